The van der Waals surface area contributed by atoms with Crippen LogP contribution in [-0.4, -0.2) is 62.1 Å². The Morgan fingerprint density at radius 2 is 1.93 bits per heavy atom. The van der Waals surface area contributed by atoms with E-state index in [0.29, 0.717) is 19.1 Å². The van der Waals surface area contributed by atoms with E-state index in [4.69, 9.17) is 5.73 Å². The second-order valence-electron chi connectivity index (χ2n) is 4.50. The third-order valence-electron chi connectivity index (χ3n) is 3.44. The SMILES string of the molecule is CS(=O)(=O)N1C[C@@H]2CC[C@H]1CN2CCN. The van der Waals surface area contributed by atoms with E-state index < -0.39 is 10.0 Å². The van der Waals surface area contributed by atoms with Crippen LogP contribution in [0.4, 0.5) is 0 Å². The molecule has 0 radical (unpaired) electrons. The van der Waals surface area contributed by atoms with E-state index in [1.54, 1.807) is 4.31 Å². The molecule has 0 saturated carbocycles. The molecular weight excluding hydrogens is 214 g/mol. The molecule has 0 amide bonds. The molecule has 0 unspecified atom stereocenters. The van der Waals surface area contributed by atoms with E-state index in [-0.39, 0.29) is 6.04 Å². The Morgan fingerprint density at radius 3 is 2.40 bits per heavy atom. The predicted octanol–water partition coefficient (Wildman–Crippen LogP) is -0.947. The maximum absolute atomic E-state index is 11.5. The summed E-state index contributed by atoms with van der Waals surface area (Å²) in [6, 6.07) is 0.560. The van der Waals surface area contributed by atoms with Crippen LogP contribution < -0.4 is 5.73 Å². The molecule has 2 atom stereocenters. The molecular formula is C9H19N3O2S. The van der Waals surface area contributed by atoms with Gasteiger partial charge < -0.3 is 5.73 Å². The van der Waals surface area contributed by atoms with Crippen molar-refractivity contribution in [1.82, 2.24) is 9.21 Å². The summed E-state index contributed by atoms with van der Waals surface area (Å²) in [6.45, 7) is 3.05. The molecule has 3 fully saturated rings. The fourth-order valence-electron chi connectivity index (χ4n) is 2.72. The van der Waals surface area contributed by atoms with Crippen molar-refractivity contribution in [2.45, 2.75) is 24.9 Å². The second-order valence-corrected chi connectivity index (χ2v) is 6.44. The third kappa shape index (κ3) is 2.18. The normalized spacial score (nSPS) is 33.5. The van der Waals surface area contributed by atoms with Crippen molar-refractivity contribution in [3.05, 3.63) is 0 Å². The molecule has 0 aromatic rings. The summed E-state index contributed by atoms with van der Waals surface area (Å²) in [7, 11) is -3.02. The number of hydrogen-bond acceptors (Lipinski definition) is 4. The highest BCUT2D eigenvalue weighted by Crippen LogP contribution is 2.29. The Hall–Kier alpha value is -0.170. The minimum Gasteiger partial charge on any atom is -0.329 e. The number of rotatable bonds is 3. The van der Waals surface area contributed by atoms with Crippen LogP contribution in [0.15, 0.2) is 0 Å². The van der Waals surface area contributed by atoms with E-state index in [1.165, 1.54) is 6.26 Å². The molecule has 6 heteroatoms. The first kappa shape index (κ1) is 11.3. The summed E-state index contributed by atoms with van der Waals surface area (Å²) in [5.74, 6) is 0. The van der Waals surface area contributed by atoms with Gasteiger partial charge in [0, 0.05) is 38.3 Å². The van der Waals surface area contributed by atoms with Crippen LogP contribution in [0.2, 0.25) is 0 Å². The van der Waals surface area contributed by atoms with Crippen LogP contribution in [0.25, 0.3) is 0 Å². The van der Waals surface area contributed by atoms with Crippen molar-refractivity contribution in [3.63, 3.8) is 0 Å². The lowest BCUT2D eigenvalue weighted by molar-refractivity contribution is 0.0262. The highest BCUT2D eigenvalue weighted by molar-refractivity contribution is 7.88. The fourth-order valence-corrected chi connectivity index (χ4v) is 3.88. The van der Waals surface area contributed by atoms with Crippen molar-refractivity contribution in [3.8, 4) is 0 Å². The molecule has 15 heavy (non-hydrogen) atoms. The first-order valence-electron chi connectivity index (χ1n) is 5.43. The van der Waals surface area contributed by atoms with Gasteiger partial charge in [-0.1, -0.05) is 0 Å². The summed E-state index contributed by atoms with van der Waals surface area (Å²) >= 11 is 0. The van der Waals surface area contributed by atoms with Crippen LogP contribution >= 0.6 is 0 Å². The Labute approximate surface area is 91.3 Å². The van der Waals surface area contributed by atoms with Crippen molar-refractivity contribution in [2.75, 3.05) is 32.4 Å². The van der Waals surface area contributed by atoms with Gasteiger partial charge >= 0.3 is 0 Å². The van der Waals surface area contributed by atoms with E-state index in [0.717, 1.165) is 25.9 Å². The lowest BCUT2D eigenvalue weighted by Gasteiger charge is -2.50. The van der Waals surface area contributed by atoms with E-state index >= 15 is 0 Å². The second kappa shape index (κ2) is 4.01. The molecule has 0 aromatic carbocycles. The molecule has 2 bridgehead atoms. The zero-order valence-corrected chi connectivity index (χ0v) is 9.91. The quantitative estimate of drug-likeness (QED) is 0.683. The molecule has 3 saturated heterocycles. The lowest BCUT2D eigenvalue weighted by atomic mass is 9.93. The highest BCUT2D eigenvalue weighted by Gasteiger charge is 2.42. The minimum atomic E-state index is -3.02. The molecule has 5 nitrogen and oxygen atoms in total. The van der Waals surface area contributed by atoms with Gasteiger partial charge in [0.05, 0.1) is 6.26 Å². The van der Waals surface area contributed by atoms with Crippen LogP contribution in [0.1, 0.15) is 12.8 Å². The third-order valence-corrected chi connectivity index (χ3v) is 4.73. The number of nitrogens with zero attached hydrogens (tertiary/aromatic N) is 2. The smallest absolute Gasteiger partial charge is 0.211 e. The van der Waals surface area contributed by atoms with Gasteiger partial charge in [0.2, 0.25) is 10.0 Å². The maximum Gasteiger partial charge on any atom is 0.211 e. The average molecular weight is 233 g/mol. The minimum absolute atomic E-state index is 0.177. The van der Waals surface area contributed by atoms with E-state index in [2.05, 4.69) is 4.90 Å². The van der Waals surface area contributed by atoms with Crippen molar-refractivity contribution in [2.24, 2.45) is 5.73 Å². The molecule has 3 heterocycles. The van der Waals surface area contributed by atoms with Gasteiger partial charge in [0.15, 0.2) is 0 Å². The highest BCUT2D eigenvalue weighted by atomic mass is 32.2. The van der Waals surface area contributed by atoms with Crippen molar-refractivity contribution >= 4 is 10.0 Å². The van der Waals surface area contributed by atoms with Gasteiger partial charge in [-0.2, -0.15) is 4.31 Å². The topological polar surface area (TPSA) is 66.6 Å². The number of fused-ring (bicyclic) bond motifs is 3. The number of sulfonamides is 1. The average Bonchev–Trinajstić information content (AvgIpc) is 2.17. The van der Waals surface area contributed by atoms with Gasteiger partial charge in [-0.15, -0.1) is 0 Å². The maximum atomic E-state index is 11.5. The first-order chi connectivity index (χ1) is 7.02. The number of piperazine rings is 1. The van der Waals surface area contributed by atoms with Crippen LogP contribution in [-0.2, 0) is 10.0 Å². The summed E-state index contributed by atoms with van der Waals surface area (Å²) in [6.07, 6.45) is 3.41. The van der Waals surface area contributed by atoms with Gasteiger partial charge in [-0.3, -0.25) is 4.90 Å². The molecule has 0 aliphatic carbocycles. The zero-order chi connectivity index (χ0) is 11.1. The Morgan fingerprint density at radius 1 is 1.27 bits per heavy atom. The van der Waals surface area contributed by atoms with Gasteiger partial charge in [0.25, 0.3) is 0 Å². The molecule has 3 aliphatic rings. The summed E-state index contributed by atoms with van der Waals surface area (Å²) < 4.78 is 24.7. The largest absolute Gasteiger partial charge is 0.329 e. The predicted molar refractivity (Wildman–Crippen MR) is 59.0 cm³/mol. The number of hydrogen-bond donors (Lipinski definition) is 1. The number of piperidine rings is 2. The monoisotopic (exact) mass is 233 g/mol. The standard InChI is InChI=1S/C9H19N3O2S/c1-15(13,14)12-7-8-2-3-9(12)6-11(8)5-4-10/h8-9H,2-7,10H2,1H3/t8-,9-/m0/s1. The lowest BCUT2D eigenvalue weighted by Crippen LogP contribution is -2.64. The van der Waals surface area contributed by atoms with E-state index in [1.807, 2.05) is 0 Å². The Bertz CT molecular complexity index is 330. The van der Waals surface area contributed by atoms with Crippen LogP contribution in [0, 0.1) is 0 Å². The molecule has 3 rings (SSSR count). The molecule has 2 N–H and O–H groups in total. The summed E-state index contributed by atoms with van der Waals surface area (Å²) in [4.78, 5) is 2.33. The molecule has 0 spiro atoms. The van der Waals surface area contributed by atoms with Crippen molar-refractivity contribution < 1.29 is 8.42 Å². The van der Waals surface area contributed by atoms with Gasteiger partial charge in [-0.25, -0.2) is 8.42 Å². The summed E-state index contributed by atoms with van der Waals surface area (Å²) in [5, 5.41) is 0. The van der Waals surface area contributed by atoms with E-state index in [9.17, 15) is 8.42 Å². The van der Waals surface area contributed by atoms with Gasteiger partial charge in [0.1, 0.15) is 0 Å². The van der Waals surface area contributed by atoms with Crippen molar-refractivity contribution in [1.29, 1.82) is 0 Å². The fraction of sp³-hybridized carbons (Fsp3) is 1.00. The van der Waals surface area contributed by atoms with Crippen LogP contribution in [0.5, 0.6) is 0 Å². The molecule has 88 valence electrons. The Balaban J connectivity index is 2.09. The van der Waals surface area contributed by atoms with Gasteiger partial charge in [-0.05, 0) is 12.8 Å². The molecule has 3 aliphatic heterocycles. The molecule has 0 aromatic heterocycles. The zero-order valence-electron chi connectivity index (χ0n) is 9.09. The number of nitrogens with two attached hydrogens (primary N) is 1. The first-order valence-corrected chi connectivity index (χ1v) is 7.28. The Kier molecular flexibility index (Phi) is 3.03. The van der Waals surface area contributed by atoms with Crippen LogP contribution in [0.3, 0.4) is 0 Å². The summed E-state index contributed by atoms with van der Waals surface area (Å²) in [5.41, 5.74) is 5.54.